The maximum Gasteiger partial charge on any atom is 0.187 e. The van der Waals surface area contributed by atoms with E-state index in [0.717, 1.165) is 24.2 Å². The lowest BCUT2D eigenvalue weighted by atomic mass is 10.0. The maximum atomic E-state index is 12.3. The standard InChI is InChI=1S/C21H24N2O3/c1-26-20-10-8-16(7-9-19(24)17-6-5-11-22-14-17)18(21(20)25)15-23-12-3-2-4-13-23/h5-11,14,25H,2-4,12-13,15H2,1H3/b9-7+. The normalized spacial score (nSPS) is 15.3. The SMILES string of the molecule is COc1ccc(/C=C/C(=O)c2cccnc2)c(CN2CCCCC2)c1O. The molecule has 0 bridgehead atoms. The Kier molecular flexibility index (Phi) is 6.02. The summed E-state index contributed by atoms with van der Waals surface area (Å²) in [5, 5.41) is 10.6. The second kappa shape index (κ2) is 8.63. The highest BCUT2D eigenvalue weighted by atomic mass is 16.5. The molecule has 1 N–H and O–H groups in total. The van der Waals surface area contributed by atoms with E-state index < -0.39 is 0 Å². The fraction of sp³-hybridized carbons (Fsp3) is 0.333. The van der Waals surface area contributed by atoms with Gasteiger partial charge in [-0.15, -0.1) is 0 Å². The van der Waals surface area contributed by atoms with Crippen molar-refractivity contribution in [2.45, 2.75) is 25.8 Å². The summed E-state index contributed by atoms with van der Waals surface area (Å²) in [6.07, 6.45) is 10.1. The summed E-state index contributed by atoms with van der Waals surface area (Å²) in [5.74, 6) is 0.485. The lowest BCUT2D eigenvalue weighted by Crippen LogP contribution is -2.29. The van der Waals surface area contributed by atoms with Crippen molar-refractivity contribution in [3.8, 4) is 11.5 Å². The zero-order valence-electron chi connectivity index (χ0n) is 15.0. The van der Waals surface area contributed by atoms with Crippen molar-refractivity contribution >= 4 is 11.9 Å². The molecule has 1 aliphatic heterocycles. The molecule has 1 aliphatic rings. The van der Waals surface area contributed by atoms with E-state index in [4.69, 9.17) is 4.74 Å². The van der Waals surface area contributed by atoms with Crippen LogP contribution in [0, 0.1) is 0 Å². The number of phenols is 1. The molecule has 0 unspecified atom stereocenters. The molecule has 2 aromatic rings. The molecule has 1 fully saturated rings. The van der Waals surface area contributed by atoms with Crippen LogP contribution in [0.25, 0.3) is 6.08 Å². The van der Waals surface area contributed by atoms with Crippen molar-refractivity contribution in [2.75, 3.05) is 20.2 Å². The van der Waals surface area contributed by atoms with Crippen LogP contribution in [0.1, 0.15) is 40.7 Å². The second-order valence-electron chi connectivity index (χ2n) is 6.46. The van der Waals surface area contributed by atoms with Crippen molar-refractivity contribution in [1.82, 2.24) is 9.88 Å². The molecule has 1 saturated heterocycles. The molecule has 2 heterocycles. The first-order valence-electron chi connectivity index (χ1n) is 8.92. The van der Waals surface area contributed by atoms with Gasteiger partial charge in [-0.3, -0.25) is 14.7 Å². The Morgan fingerprint density at radius 2 is 2.08 bits per heavy atom. The van der Waals surface area contributed by atoms with E-state index in [-0.39, 0.29) is 11.5 Å². The van der Waals surface area contributed by atoms with E-state index in [9.17, 15) is 9.90 Å². The smallest absolute Gasteiger partial charge is 0.187 e. The fourth-order valence-electron chi connectivity index (χ4n) is 3.23. The van der Waals surface area contributed by atoms with Gasteiger partial charge in [0.15, 0.2) is 17.3 Å². The van der Waals surface area contributed by atoms with Gasteiger partial charge in [-0.1, -0.05) is 18.6 Å². The van der Waals surface area contributed by atoms with E-state index in [0.29, 0.717) is 17.9 Å². The fourth-order valence-corrected chi connectivity index (χ4v) is 3.23. The number of benzene rings is 1. The van der Waals surface area contributed by atoms with E-state index in [1.165, 1.54) is 25.3 Å². The molecule has 0 amide bonds. The number of aromatic nitrogens is 1. The first-order valence-corrected chi connectivity index (χ1v) is 8.92. The van der Waals surface area contributed by atoms with Crippen molar-refractivity contribution in [2.24, 2.45) is 0 Å². The molecule has 0 aliphatic carbocycles. The number of rotatable bonds is 6. The quantitative estimate of drug-likeness (QED) is 0.635. The van der Waals surface area contributed by atoms with Crippen molar-refractivity contribution < 1.29 is 14.6 Å². The Morgan fingerprint density at radius 1 is 1.27 bits per heavy atom. The van der Waals surface area contributed by atoms with Crippen LogP contribution in [0.5, 0.6) is 11.5 Å². The van der Waals surface area contributed by atoms with E-state index in [1.807, 2.05) is 6.07 Å². The molecule has 1 aromatic carbocycles. The molecule has 5 nitrogen and oxygen atoms in total. The van der Waals surface area contributed by atoms with Crippen LogP contribution >= 0.6 is 0 Å². The van der Waals surface area contributed by atoms with Crippen LogP contribution in [0.4, 0.5) is 0 Å². The molecule has 0 spiro atoms. The summed E-state index contributed by atoms with van der Waals surface area (Å²) in [7, 11) is 1.54. The van der Waals surface area contributed by atoms with Crippen LogP contribution < -0.4 is 4.74 Å². The minimum atomic E-state index is -0.114. The maximum absolute atomic E-state index is 12.3. The Bertz CT molecular complexity index is 781. The lowest BCUT2D eigenvalue weighted by molar-refractivity contribution is 0.104. The van der Waals surface area contributed by atoms with Gasteiger partial charge >= 0.3 is 0 Å². The molecule has 0 radical (unpaired) electrons. The number of likely N-dealkylation sites (tertiary alicyclic amines) is 1. The predicted molar refractivity (Wildman–Crippen MR) is 101 cm³/mol. The Labute approximate surface area is 153 Å². The van der Waals surface area contributed by atoms with Crippen LogP contribution in [-0.4, -0.2) is 41.0 Å². The summed E-state index contributed by atoms with van der Waals surface area (Å²) < 4.78 is 5.26. The van der Waals surface area contributed by atoms with Gasteiger partial charge in [0.25, 0.3) is 0 Å². The van der Waals surface area contributed by atoms with E-state index in [1.54, 1.807) is 43.8 Å². The molecule has 0 saturated carbocycles. The third-order valence-corrected chi connectivity index (χ3v) is 4.69. The first-order chi connectivity index (χ1) is 12.7. The summed E-state index contributed by atoms with van der Waals surface area (Å²) in [6.45, 7) is 2.69. The monoisotopic (exact) mass is 352 g/mol. The van der Waals surface area contributed by atoms with E-state index in [2.05, 4.69) is 9.88 Å². The Balaban J connectivity index is 1.86. The number of pyridine rings is 1. The van der Waals surface area contributed by atoms with Gasteiger partial charge in [0.2, 0.25) is 0 Å². The highest BCUT2D eigenvalue weighted by molar-refractivity contribution is 6.06. The second-order valence-corrected chi connectivity index (χ2v) is 6.46. The van der Waals surface area contributed by atoms with Crippen molar-refractivity contribution in [3.05, 3.63) is 59.4 Å². The Morgan fingerprint density at radius 3 is 2.77 bits per heavy atom. The summed E-state index contributed by atoms with van der Waals surface area (Å²) >= 11 is 0. The summed E-state index contributed by atoms with van der Waals surface area (Å²) in [4.78, 5) is 18.6. The van der Waals surface area contributed by atoms with Crippen LogP contribution in [0.3, 0.4) is 0 Å². The lowest BCUT2D eigenvalue weighted by Gasteiger charge is -2.27. The number of aromatic hydroxyl groups is 1. The average molecular weight is 352 g/mol. The van der Waals surface area contributed by atoms with Gasteiger partial charge in [0, 0.05) is 30.1 Å². The number of carbonyl (C=O) groups excluding carboxylic acids is 1. The minimum absolute atomic E-state index is 0.114. The van der Waals surface area contributed by atoms with Crippen LogP contribution in [-0.2, 0) is 6.54 Å². The van der Waals surface area contributed by atoms with Gasteiger partial charge in [-0.25, -0.2) is 0 Å². The summed E-state index contributed by atoms with van der Waals surface area (Å²) in [6, 6.07) is 7.08. The Hall–Kier alpha value is -2.66. The highest BCUT2D eigenvalue weighted by Crippen LogP contribution is 2.34. The van der Waals surface area contributed by atoms with Gasteiger partial charge in [0.1, 0.15) is 0 Å². The number of nitrogens with zero attached hydrogens (tertiary/aromatic N) is 2. The number of phenolic OH excluding ortho intramolecular Hbond substituents is 1. The zero-order chi connectivity index (χ0) is 18.4. The van der Waals surface area contributed by atoms with Gasteiger partial charge in [0.05, 0.1) is 7.11 Å². The molecule has 136 valence electrons. The molecule has 5 heteroatoms. The average Bonchev–Trinajstić information content (AvgIpc) is 2.69. The van der Waals surface area contributed by atoms with Crippen LogP contribution in [0.15, 0.2) is 42.7 Å². The molecule has 0 atom stereocenters. The number of ketones is 1. The molecular weight excluding hydrogens is 328 g/mol. The van der Waals surface area contributed by atoms with Gasteiger partial charge in [-0.2, -0.15) is 0 Å². The topological polar surface area (TPSA) is 62.7 Å². The summed E-state index contributed by atoms with van der Waals surface area (Å²) in [5.41, 5.74) is 2.16. The number of ether oxygens (including phenoxy) is 1. The van der Waals surface area contributed by atoms with Crippen molar-refractivity contribution in [1.29, 1.82) is 0 Å². The predicted octanol–water partition coefficient (Wildman–Crippen LogP) is 3.68. The molecule has 1 aromatic heterocycles. The van der Waals surface area contributed by atoms with Crippen molar-refractivity contribution in [3.63, 3.8) is 0 Å². The number of methoxy groups -OCH3 is 1. The first kappa shape index (κ1) is 18.1. The zero-order valence-corrected chi connectivity index (χ0v) is 15.0. The van der Waals surface area contributed by atoms with Gasteiger partial charge < -0.3 is 9.84 Å². The minimum Gasteiger partial charge on any atom is -0.504 e. The number of hydrogen-bond acceptors (Lipinski definition) is 5. The van der Waals surface area contributed by atoms with Crippen LogP contribution in [0.2, 0.25) is 0 Å². The molecule has 3 rings (SSSR count). The molecule has 26 heavy (non-hydrogen) atoms. The number of hydrogen-bond donors (Lipinski definition) is 1. The molecular formula is C21H24N2O3. The highest BCUT2D eigenvalue weighted by Gasteiger charge is 2.17. The number of allylic oxidation sites excluding steroid dienone is 1. The number of carbonyl (C=O) groups is 1. The third kappa shape index (κ3) is 4.29. The van der Waals surface area contributed by atoms with E-state index >= 15 is 0 Å². The third-order valence-electron chi connectivity index (χ3n) is 4.69. The number of piperidine rings is 1. The largest absolute Gasteiger partial charge is 0.504 e. The van der Waals surface area contributed by atoms with Gasteiger partial charge in [-0.05, 0) is 55.8 Å².